The highest BCUT2D eigenvalue weighted by Crippen LogP contribution is 2.30. The van der Waals surface area contributed by atoms with Crippen molar-refractivity contribution in [3.05, 3.63) is 107 Å². The predicted octanol–water partition coefficient (Wildman–Crippen LogP) is 5.73. The van der Waals surface area contributed by atoms with Crippen LogP contribution in [0, 0.1) is 11.6 Å². The number of benzene rings is 3. The summed E-state index contributed by atoms with van der Waals surface area (Å²) in [7, 11) is 1.49. The van der Waals surface area contributed by atoms with Gasteiger partial charge in [-0.15, -0.1) is 0 Å². The molecule has 2 atom stereocenters. The third kappa shape index (κ3) is 6.38. The van der Waals surface area contributed by atoms with E-state index in [1.165, 1.54) is 25.2 Å². The number of hydrogen-bond acceptors (Lipinski definition) is 2. The fraction of sp³-hybridized carbons (Fsp3) is 0.240. The molecule has 0 spiro atoms. The summed E-state index contributed by atoms with van der Waals surface area (Å²) in [6.45, 7) is 0. The third-order valence-corrected chi connectivity index (χ3v) is 5.36. The predicted molar refractivity (Wildman–Crippen MR) is 115 cm³/mol. The van der Waals surface area contributed by atoms with E-state index in [-0.39, 0.29) is 5.91 Å². The summed E-state index contributed by atoms with van der Waals surface area (Å²) in [5, 5.41) is 5.80. The largest absolute Gasteiger partial charge is 0.416 e. The van der Waals surface area contributed by atoms with E-state index in [2.05, 4.69) is 10.6 Å². The highest BCUT2D eigenvalue weighted by Gasteiger charge is 2.30. The van der Waals surface area contributed by atoms with Crippen LogP contribution in [0.2, 0.25) is 0 Å². The fourth-order valence-corrected chi connectivity index (χ4v) is 3.56. The topological polar surface area (TPSA) is 41.1 Å². The zero-order chi connectivity index (χ0) is 24.0. The maximum atomic E-state index is 14.0. The van der Waals surface area contributed by atoms with Gasteiger partial charge in [-0.1, -0.05) is 48.5 Å². The smallest absolute Gasteiger partial charge is 0.358 e. The van der Waals surface area contributed by atoms with E-state index < -0.39 is 35.5 Å². The molecule has 0 heterocycles. The van der Waals surface area contributed by atoms with Crippen LogP contribution < -0.4 is 10.6 Å². The van der Waals surface area contributed by atoms with Crippen LogP contribution in [0.5, 0.6) is 0 Å². The fourth-order valence-electron chi connectivity index (χ4n) is 3.56. The molecule has 1 amide bonds. The Labute approximate surface area is 188 Å². The zero-order valence-corrected chi connectivity index (χ0v) is 17.8. The number of likely N-dealkylation sites (N-methyl/N-ethyl adjacent to an activating group) is 1. The molecule has 0 aliphatic heterocycles. The Morgan fingerprint density at radius 3 is 2.12 bits per heavy atom. The first kappa shape index (κ1) is 24.4. The molecule has 174 valence electrons. The molecule has 3 aromatic rings. The third-order valence-electron chi connectivity index (χ3n) is 5.36. The van der Waals surface area contributed by atoms with Gasteiger partial charge in [-0.25, -0.2) is 8.78 Å². The van der Waals surface area contributed by atoms with Crippen molar-refractivity contribution >= 4 is 5.91 Å². The number of hydrogen-bond donors (Lipinski definition) is 2. The van der Waals surface area contributed by atoms with Crippen molar-refractivity contribution in [1.29, 1.82) is 0 Å². The van der Waals surface area contributed by atoms with Gasteiger partial charge < -0.3 is 5.32 Å². The van der Waals surface area contributed by atoms with E-state index >= 15 is 0 Å². The number of amides is 1. The SMILES string of the molecule is CNC(=O)[C@H](N[C@H](CCc1ccc(C(F)(F)F)cc1)c1ccc(F)c(F)c1)c1ccccc1. The Morgan fingerprint density at radius 2 is 1.55 bits per heavy atom. The first-order valence-electron chi connectivity index (χ1n) is 10.3. The average molecular weight is 462 g/mol. The van der Waals surface area contributed by atoms with E-state index in [0.717, 1.165) is 24.3 Å². The van der Waals surface area contributed by atoms with Crippen molar-refractivity contribution in [2.45, 2.75) is 31.1 Å². The van der Waals surface area contributed by atoms with Crippen molar-refractivity contribution in [3.63, 3.8) is 0 Å². The van der Waals surface area contributed by atoms with Gasteiger partial charge >= 0.3 is 6.18 Å². The van der Waals surface area contributed by atoms with Crippen LogP contribution in [0.1, 0.15) is 40.8 Å². The van der Waals surface area contributed by atoms with Crippen molar-refractivity contribution in [3.8, 4) is 0 Å². The van der Waals surface area contributed by atoms with Crippen molar-refractivity contribution in [2.24, 2.45) is 0 Å². The second-order valence-electron chi connectivity index (χ2n) is 7.58. The van der Waals surface area contributed by atoms with Gasteiger partial charge in [0.1, 0.15) is 6.04 Å². The molecule has 0 aliphatic carbocycles. The van der Waals surface area contributed by atoms with E-state index in [0.29, 0.717) is 29.5 Å². The number of halogens is 5. The molecular weight excluding hydrogens is 439 g/mol. The Balaban J connectivity index is 1.87. The summed E-state index contributed by atoms with van der Waals surface area (Å²) < 4.78 is 65.9. The first-order chi connectivity index (χ1) is 15.7. The van der Waals surface area contributed by atoms with Gasteiger partial charge in [-0.05, 0) is 53.8 Å². The summed E-state index contributed by atoms with van der Waals surface area (Å²) in [5.74, 6) is -2.33. The standard InChI is InChI=1S/C25H23F5N2O/c1-31-24(33)23(17-5-3-2-4-6-17)32-22(18-10-13-20(26)21(27)15-18)14-9-16-7-11-19(12-8-16)25(28,29)30/h2-8,10-13,15,22-23,32H,9,14H2,1H3,(H,31,33)/t22-,23-/m1/s1. The van der Waals surface area contributed by atoms with Crippen LogP contribution in [0.4, 0.5) is 22.0 Å². The average Bonchev–Trinajstić information content (AvgIpc) is 2.81. The molecule has 0 aliphatic rings. The van der Waals surface area contributed by atoms with Gasteiger partial charge in [0.15, 0.2) is 11.6 Å². The van der Waals surface area contributed by atoms with E-state index in [1.54, 1.807) is 24.3 Å². The lowest BCUT2D eigenvalue weighted by molar-refractivity contribution is -0.137. The van der Waals surface area contributed by atoms with Crippen LogP contribution in [0.3, 0.4) is 0 Å². The minimum Gasteiger partial charge on any atom is -0.358 e. The van der Waals surface area contributed by atoms with Crippen LogP contribution in [0.15, 0.2) is 72.8 Å². The normalized spacial score (nSPS) is 13.4. The molecule has 8 heteroatoms. The van der Waals surface area contributed by atoms with Gasteiger partial charge in [0.05, 0.1) is 5.56 Å². The highest BCUT2D eigenvalue weighted by molar-refractivity contribution is 5.83. The van der Waals surface area contributed by atoms with Gasteiger partial charge in [-0.2, -0.15) is 13.2 Å². The van der Waals surface area contributed by atoms with Gasteiger partial charge in [0.2, 0.25) is 5.91 Å². The number of alkyl halides is 3. The molecule has 2 N–H and O–H groups in total. The maximum Gasteiger partial charge on any atom is 0.416 e. The van der Waals surface area contributed by atoms with Crippen LogP contribution in [0.25, 0.3) is 0 Å². The molecule has 0 saturated carbocycles. The van der Waals surface area contributed by atoms with Gasteiger partial charge in [0.25, 0.3) is 0 Å². The number of nitrogens with one attached hydrogen (secondary N) is 2. The Bertz CT molecular complexity index is 1070. The summed E-state index contributed by atoms with van der Waals surface area (Å²) in [5.41, 5.74) is 1.00. The molecule has 3 aromatic carbocycles. The van der Waals surface area contributed by atoms with E-state index in [1.807, 2.05) is 6.07 Å². The van der Waals surface area contributed by atoms with Crippen LogP contribution in [-0.2, 0) is 17.4 Å². The quantitative estimate of drug-likeness (QED) is 0.420. The maximum absolute atomic E-state index is 14.0. The first-order valence-corrected chi connectivity index (χ1v) is 10.3. The Hall–Kier alpha value is -3.26. The molecule has 0 unspecified atom stereocenters. The number of carbonyl (C=O) groups excluding carboxylic acids is 1. The number of aryl methyl sites for hydroxylation is 1. The second-order valence-corrected chi connectivity index (χ2v) is 7.58. The number of rotatable bonds is 8. The lowest BCUT2D eigenvalue weighted by Gasteiger charge is -2.26. The molecular formula is C25H23F5N2O. The minimum absolute atomic E-state index is 0.316. The van der Waals surface area contributed by atoms with Crippen LogP contribution >= 0.6 is 0 Å². The van der Waals surface area contributed by atoms with Crippen molar-refractivity contribution in [2.75, 3.05) is 7.05 Å². The lowest BCUT2D eigenvalue weighted by Crippen LogP contribution is -2.38. The van der Waals surface area contributed by atoms with E-state index in [4.69, 9.17) is 0 Å². The minimum atomic E-state index is -4.43. The van der Waals surface area contributed by atoms with Gasteiger partial charge in [-0.3, -0.25) is 10.1 Å². The Morgan fingerprint density at radius 1 is 0.879 bits per heavy atom. The highest BCUT2D eigenvalue weighted by atomic mass is 19.4. The monoisotopic (exact) mass is 462 g/mol. The molecule has 0 saturated heterocycles. The molecule has 0 fully saturated rings. The lowest BCUT2D eigenvalue weighted by atomic mass is 9.96. The van der Waals surface area contributed by atoms with E-state index in [9.17, 15) is 26.7 Å². The molecule has 3 nitrogen and oxygen atoms in total. The number of carbonyl (C=O) groups is 1. The van der Waals surface area contributed by atoms with Crippen molar-refractivity contribution in [1.82, 2.24) is 10.6 Å². The summed E-state index contributed by atoms with van der Waals surface area (Å²) >= 11 is 0. The molecule has 33 heavy (non-hydrogen) atoms. The van der Waals surface area contributed by atoms with Crippen LogP contribution in [-0.4, -0.2) is 13.0 Å². The molecule has 0 radical (unpaired) electrons. The summed E-state index contributed by atoms with van der Waals surface area (Å²) in [6.07, 6.45) is -3.74. The van der Waals surface area contributed by atoms with Crippen molar-refractivity contribution < 1.29 is 26.7 Å². The molecule has 0 aromatic heterocycles. The molecule has 3 rings (SSSR count). The van der Waals surface area contributed by atoms with Gasteiger partial charge in [0, 0.05) is 13.1 Å². The Kier molecular flexibility index (Phi) is 7.81. The molecule has 0 bridgehead atoms. The summed E-state index contributed by atoms with van der Waals surface area (Å²) in [4.78, 5) is 12.6. The zero-order valence-electron chi connectivity index (χ0n) is 17.8. The summed E-state index contributed by atoms with van der Waals surface area (Å²) in [6, 6.07) is 15.8. The second kappa shape index (κ2) is 10.6.